The number of nitrogens with zero attached hydrogens (tertiary/aromatic N) is 1. The van der Waals surface area contributed by atoms with Gasteiger partial charge in [-0.2, -0.15) is 0 Å². The van der Waals surface area contributed by atoms with Gasteiger partial charge < -0.3 is 10.6 Å². The highest BCUT2D eigenvalue weighted by molar-refractivity contribution is 6.18. The molecule has 2 fully saturated rings. The SMILES string of the molecule is NCC(=O)N1CC[C@]2(CC[C@@H](CCl)C2)C1. The Morgan fingerprint density at radius 2 is 2.33 bits per heavy atom. The standard InChI is InChI=1S/C11H19ClN2O/c12-6-9-1-2-11(5-9)3-4-14(8-11)10(15)7-13/h9H,1-8,13H2/t9-,11+/m1/s1. The van der Waals surface area contributed by atoms with Crippen LogP contribution in [0.15, 0.2) is 0 Å². The molecule has 2 atom stereocenters. The second kappa shape index (κ2) is 4.30. The van der Waals surface area contributed by atoms with Crippen LogP contribution in [0.4, 0.5) is 0 Å². The fourth-order valence-electron chi connectivity index (χ4n) is 3.11. The maximum absolute atomic E-state index is 11.5. The van der Waals surface area contributed by atoms with E-state index in [1.165, 1.54) is 19.3 Å². The molecule has 0 radical (unpaired) electrons. The molecule has 2 rings (SSSR count). The first-order chi connectivity index (χ1) is 7.19. The summed E-state index contributed by atoms with van der Waals surface area (Å²) in [4.78, 5) is 13.4. The molecule has 1 saturated heterocycles. The zero-order chi connectivity index (χ0) is 10.9. The van der Waals surface area contributed by atoms with E-state index in [-0.39, 0.29) is 12.5 Å². The summed E-state index contributed by atoms with van der Waals surface area (Å²) in [6.45, 7) is 1.95. The molecule has 0 aromatic rings. The monoisotopic (exact) mass is 230 g/mol. The molecule has 1 saturated carbocycles. The van der Waals surface area contributed by atoms with Crippen LogP contribution in [-0.2, 0) is 4.79 Å². The zero-order valence-corrected chi connectivity index (χ0v) is 9.80. The lowest BCUT2D eigenvalue weighted by Crippen LogP contribution is -2.35. The number of rotatable bonds is 2. The van der Waals surface area contributed by atoms with Gasteiger partial charge in [-0.1, -0.05) is 0 Å². The van der Waals surface area contributed by atoms with Gasteiger partial charge in [0.2, 0.25) is 5.91 Å². The number of carbonyl (C=O) groups excluding carboxylic acids is 1. The van der Waals surface area contributed by atoms with Gasteiger partial charge >= 0.3 is 0 Å². The van der Waals surface area contributed by atoms with E-state index in [4.69, 9.17) is 17.3 Å². The molecule has 1 aliphatic heterocycles. The highest BCUT2D eigenvalue weighted by Crippen LogP contribution is 2.48. The quantitative estimate of drug-likeness (QED) is 0.725. The van der Waals surface area contributed by atoms with Crippen LogP contribution in [0.2, 0.25) is 0 Å². The Balaban J connectivity index is 1.94. The van der Waals surface area contributed by atoms with E-state index in [2.05, 4.69) is 0 Å². The smallest absolute Gasteiger partial charge is 0.236 e. The van der Waals surface area contributed by atoms with Gasteiger partial charge in [0.15, 0.2) is 0 Å². The molecule has 1 amide bonds. The fourth-order valence-corrected chi connectivity index (χ4v) is 3.37. The maximum Gasteiger partial charge on any atom is 0.236 e. The second-order valence-corrected chi connectivity index (χ2v) is 5.34. The van der Waals surface area contributed by atoms with E-state index in [1.807, 2.05) is 4.90 Å². The highest BCUT2D eigenvalue weighted by Gasteiger charge is 2.44. The van der Waals surface area contributed by atoms with Gasteiger partial charge in [0.25, 0.3) is 0 Å². The summed E-state index contributed by atoms with van der Waals surface area (Å²) in [6, 6.07) is 0. The molecule has 4 heteroatoms. The number of halogens is 1. The molecule has 0 unspecified atom stereocenters. The summed E-state index contributed by atoms with van der Waals surface area (Å²) in [7, 11) is 0. The van der Waals surface area contributed by atoms with Crippen molar-refractivity contribution >= 4 is 17.5 Å². The van der Waals surface area contributed by atoms with Crippen LogP contribution in [0.25, 0.3) is 0 Å². The summed E-state index contributed by atoms with van der Waals surface area (Å²) < 4.78 is 0. The van der Waals surface area contributed by atoms with E-state index in [9.17, 15) is 4.79 Å². The Morgan fingerprint density at radius 3 is 2.93 bits per heavy atom. The Labute approximate surface area is 95.9 Å². The van der Waals surface area contributed by atoms with Gasteiger partial charge in [0.05, 0.1) is 6.54 Å². The van der Waals surface area contributed by atoms with Crippen molar-refractivity contribution in [2.24, 2.45) is 17.1 Å². The normalized spacial score (nSPS) is 35.3. The third kappa shape index (κ3) is 2.13. The van der Waals surface area contributed by atoms with Crippen molar-refractivity contribution in [3.05, 3.63) is 0 Å². The third-order valence-corrected chi connectivity index (χ3v) is 4.42. The maximum atomic E-state index is 11.5. The van der Waals surface area contributed by atoms with Gasteiger partial charge in [-0.3, -0.25) is 4.79 Å². The number of amides is 1. The fraction of sp³-hybridized carbons (Fsp3) is 0.909. The summed E-state index contributed by atoms with van der Waals surface area (Å²) in [5.74, 6) is 1.54. The molecular weight excluding hydrogens is 212 g/mol. The second-order valence-electron chi connectivity index (χ2n) is 5.03. The summed E-state index contributed by atoms with van der Waals surface area (Å²) in [5.41, 5.74) is 5.76. The van der Waals surface area contributed by atoms with Gasteiger partial charge in [-0.05, 0) is 37.0 Å². The summed E-state index contributed by atoms with van der Waals surface area (Å²) >= 11 is 5.90. The minimum atomic E-state index is 0.0983. The molecule has 0 bridgehead atoms. The molecule has 3 nitrogen and oxygen atoms in total. The number of hydrogen-bond acceptors (Lipinski definition) is 2. The number of alkyl halides is 1. The Hall–Kier alpha value is -0.280. The average Bonchev–Trinajstić information content (AvgIpc) is 2.86. The highest BCUT2D eigenvalue weighted by atomic mass is 35.5. The van der Waals surface area contributed by atoms with E-state index in [0.29, 0.717) is 11.3 Å². The number of carbonyl (C=O) groups is 1. The van der Waals surface area contributed by atoms with Crippen LogP contribution in [0.1, 0.15) is 25.7 Å². The number of likely N-dealkylation sites (tertiary alicyclic amines) is 1. The van der Waals surface area contributed by atoms with Crippen LogP contribution in [0.3, 0.4) is 0 Å². The summed E-state index contributed by atoms with van der Waals surface area (Å²) in [5, 5.41) is 0. The van der Waals surface area contributed by atoms with E-state index < -0.39 is 0 Å². The van der Waals surface area contributed by atoms with Gasteiger partial charge in [0, 0.05) is 19.0 Å². The lowest BCUT2D eigenvalue weighted by atomic mass is 9.85. The first-order valence-corrected chi connectivity index (χ1v) is 6.26. The van der Waals surface area contributed by atoms with Crippen molar-refractivity contribution in [1.29, 1.82) is 0 Å². The molecule has 0 aromatic carbocycles. The van der Waals surface area contributed by atoms with E-state index in [1.54, 1.807) is 0 Å². The third-order valence-electron chi connectivity index (χ3n) is 3.99. The van der Waals surface area contributed by atoms with Crippen molar-refractivity contribution in [1.82, 2.24) is 4.90 Å². The minimum Gasteiger partial charge on any atom is -0.341 e. The predicted octanol–water partition coefficient (Wildman–Crippen LogP) is 1.20. The van der Waals surface area contributed by atoms with Crippen LogP contribution in [0.5, 0.6) is 0 Å². The Morgan fingerprint density at radius 1 is 1.53 bits per heavy atom. The Bertz CT molecular complexity index is 259. The van der Waals surface area contributed by atoms with Crippen molar-refractivity contribution in [3.8, 4) is 0 Å². The first-order valence-electron chi connectivity index (χ1n) is 5.73. The average molecular weight is 231 g/mol. The molecule has 0 aromatic heterocycles. The molecule has 86 valence electrons. The predicted molar refractivity (Wildman–Crippen MR) is 60.7 cm³/mol. The van der Waals surface area contributed by atoms with Crippen LogP contribution in [0, 0.1) is 11.3 Å². The molecule has 1 spiro atoms. The van der Waals surface area contributed by atoms with Gasteiger partial charge in [-0.15, -0.1) is 11.6 Å². The molecule has 2 N–H and O–H groups in total. The van der Waals surface area contributed by atoms with Crippen LogP contribution >= 0.6 is 11.6 Å². The van der Waals surface area contributed by atoms with Gasteiger partial charge in [0.1, 0.15) is 0 Å². The van der Waals surface area contributed by atoms with Crippen molar-refractivity contribution in [3.63, 3.8) is 0 Å². The largest absolute Gasteiger partial charge is 0.341 e. The van der Waals surface area contributed by atoms with Crippen molar-refractivity contribution in [2.75, 3.05) is 25.5 Å². The number of nitrogens with two attached hydrogens (primary N) is 1. The lowest BCUT2D eigenvalue weighted by molar-refractivity contribution is -0.129. The zero-order valence-electron chi connectivity index (χ0n) is 9.04. The van der Waals surface area contributed by atoms with Gasteiger partial charge in [-0.25, -0.2) is 0 Å². The minimum absolute atomic E-state index is 0.0983. The number of hydrogen-bond donors (Lipinski definition) is 1. The molecule has 1 heterocycles. The van der Waals surface area contributed by atoms with Crippen LogP contribution in [-0.4, -0.2) is 36.3 Å². The van der Waals surface area contributed by atoms with Crippen LogP contribution < -0.4 is 5.73 Å². The Kier molecular flexibility index (Phi) is 3.21. The first kappa shape index (κ1) is 11.2. The molecule has 1 aliphatic carbocycles. The van der Waals surface area contributed by atoms with Crippen molar-refractivity contribution < 1.29 is 4.79 Å². The van der Waals surface area contributed by atoms with E-state index in [0.717, 1.165) is 25.4 Å². The topological polar surface area (TPSA) is 46.3 Å². The lowest BCUT2D eigenvalue weighted by Gasteiger charge is -2.23. The molecule has 2 aliphatic rings. The van der Waals surface area contributed by atoms with E-state index >= 15 is 0 Å². The van der Waals surface area contributed by atoms with Crippen molar-refractivity contribution in [2.45, 2.75) is 25.7 Å². The molecule has 15 heavy (non-hydrogen) atoms. The summed E-state index contributed by atoms with van der Waals surface area (Å²) in [6.07, 6.45) is 4.81. The molecular formula is C11H19ClN2O.